The van der Waals surface area contributed by atoms with Crippen LogP contribution < -0.4 is 14.4 Å². The van der Waals surface area contributed by atoms with Crippen LogP contribution in [0.1, 0.15) is 12.5 Å². The summed E-state index contributed by atoms with van der Waals surface area (Å²) in [5.74, 6) is -0.0165. The van der Waals surface area contributed by atoms with Gasteiger partial charge in [0, 0.05) is 13.1 Å². The number of ether oxygens (including phenoxy) is 2. The number of rotatable bonds is 10. The van der Waals surface area contributed by atoms with E-state index in [1.165, 1.54) is 23.4 Å². The maximum Gasteiger partial charge on any atom is 0.243 e. The molecule has 1 unspecified atom stereocenters. The maximum absolute atomic E-state index is 12.7. The molecule has 35 heavy (non-hydrogen) atoms. The van der Waals surface area contributed by atoms with Gasteiger partial charge >= 0.3 is 0 Å². The van der Waals surface area contributed by atoms with Crippen LogP contribution in [0, 0.1) is 6.92 Å². The van der Waals surface area contributed by atoms with Gasteiger partial charge in [-0.3, -0.25) is 9.10 Å². The van der Waals surface area contributed by atoms with Crippen molar-refractivity contribution in [2.24, 2.45) is 0 Å². The smallest absolute Gasteiger partial charge is 0.243 e. The highest BCUT2D eigenvalue weighted by Crippen LogP contribution is 2.22. The fourth-order valence-corrected chi connectivity index (χ4v) is 6.22. The van der Waals surface area contributed by atoms with Gasteiger partial charge in [0.2, 0.25) is 26.0 Å². The number of morpholine rings is 1. The third-order valence-electron chi connectivity index (χ3n) is 5.48. The molecule has 1 heterocycles. The minimum Gasteiger partial charge on any atom is -0.492 e. The molecular weight excluding hydrogens is 494 g/mol. The summed E-state index contributed by atoms with van der Waals surface area (Å²) in [6, 6.07) is 12.0. The van der Waals surface area contributed by atoms with Crippen LogP contribution in [0.15, 0.2) is 53.4 Å². The number of carbonyl (C=O) groups excluding carboxylic acids is 1. The quantitative estimate of drug-likeness (QED) is 0.465. The summed E-state index contributed by atoms with van der Waals surface area (Å²) in [5, 5.41) is 2.68. The second-order valence-electron chi connectivity index (χ2n) is 8.20. The molecule has 1 atom stereocenters. The van der Waals surface area contributed by atoms with E-state index in [-0.39, 0.29) is 18.0 Å². The zero-order valence-electron chi connectivity index (χ0n) is 20.0. The molecule has 0 spiro atoms. The average Bonchev–Trinajstić information content (AvgIpc) is 2.83. The number of hydrogen-bond acceptors (Lipinski definition) is 7. The molecule has 1 N–H and O–H groups in total. The van der Waals surface area contributed by atoms with Gasteiger partial charge in [0.05, 0.1) is 36.6 Å². The Hall–Kier alpha value is -2.67. The van der Waals surface area contributed by atoms with E-state index in [4.69, 9.17) is 9.47 Å². The molecule has 2 aromatic carbocycles. The number of nitrogens with zero attached hydrogens (tertiary/aromatic N) is 2. The van der Waals surface area contributed by atoms with E-state index < -0.39 is 32.0 Å². The summed E-state index contributed by atoms with van der Waals surface area (Å²) in [6.45, 7) is 5.06. The first kappa shape index (κ1) is 26.9. The molecular formula is C23H31N3O7S2. The van der Waals surface area contributed by atoms with Crippen LogP contribution in [0.4, 0.5) is 5.69 Å². The number of carbonyl (C=O) groups is 1. The molecule has 10 nitrogen and oxygen atoms in total. The van der Waals surface area contributed by atoms with Crippen molar-refractivity contribution in [3.63, 3.8) is 0 Å². The van der Waals surface area contributed by atoms with Crippen molar-refractivity contribution in [2.75, 3.05) is 50.0 Å². The highest BCUT2D eigenvalue weighted by atomic mass is 32.2. The Bertz CT molecular complexity index is 1210. The molecule has 0 saturated carbocycles. The normalized spacial score (nSPS) is 15.9. The van der Waals surface area contributed by atoms with Crippen molar-refractivity contribution >= 4 is 31.6 Å². The molecule has 3 rings (SSSR count). The van der Waals surface area contributed by atoms with E-state index in [9.17, 15) is 21.6 Å². The number of amides is 1. The van der Waals surface area contributed by atoms with E-state index in [1.807, 2.05) is 6.92 Å². The second kappa shape index (κ2) is 11.4. The summed E-state index contributed by atoms with van der Waals surface area (Å²) < 4.78 is 63.3. The van der Waals surface area contributed by atoms with E-state index in [1.54, 1.807) is 36.4 Å². The van der Waals surface area contributed by atoms with Gasteiger partial charge in [0.25, 0.3) is 0 Å². The molecule has 1 aliphatic rings. The first-order chi connectivity index (χ1) is 16.5. The molecule has 1 aliphatic heterocycles. The Morgan fingerprint density at radius 1 is 1.06 bits per heavy atom. The SMILES string of the molecule is Cc1ccc(N(C(C)C(=O)NCCOc2ccc(S(=O)(=O)N3CCOCC3)cc2)S(C)(=O)=O)cc1. The number of anilines is 1. The number of sulfonamides is 2. The molecule has 192 valence electrons. The molecule has 1 amide bonds. The van der Waals surface area contributed by atoms with Gasteiger partial charge < -0.3 is 14.8 Å². The Morgan fingerprint density at radius 3 is 2.23 bits per heavy atom. The van der Waals surface area contributed by atoms with Crippen LogP contribution >= 0.6 is 0 Å². The third kappa shape index (κ3) is 6.94. The van der Waals surface area contributed by atoms with Gasteiger partial charge in [0.1, 0.15) is 18.4 Å². The van der Waals surface area contributed by atoms with E-state index >= 15 is 0 Å². The third-order valence-corrected chi connectivity index (χ3v) is 8.63. The van der Waals surface area contributed by atoms with Crippen LogP contribution in [-0.2, 0) is 29.6 Å². The summed E-state index contributed by atoms with van der Waals surface area (Å²) >= 11 is 0. The monoisotopic (exact) mass is 525 g/mol. The summed E-state index contributed by atoms with van der Waals surface area (Å²) in [4.78, 5) is 12.8. The summed E-state index contributed by atoms with van der Waals surface area (Å²) in [7, 11) is -7.27. The van der Waals surface area contributed by atoms with E-state index in [2.05, 4.69) is 5.32 Å². The summed E-state index contributed by atoms with van der Waals surface area (Å²) in [5.41, 5.74) is 1.38. The van der Waals surface area contributed by atoms with Gasteiger partial charge in [0.15, 0.2) is 0 Å². The van der Waals surface area contributed by atoms with Crippen LogP contribution in [-0.4, -0.2) is 78.8 Å². The number of aryl methyl sites for hydroxylation is 1. The van der Waals surface area contributed by atoms with Crippen molar-refractivity contribution in [2.45, 2.75) is 24.8 Å². The first-order valence-corrected chi connectivity index (χ1v) is 14.4. The van der Waals surface area contributed by atoms with E-state index in [0.717, 1.165) is 16.1 Å². The Kier molecular flexibility index (Phi) is 8.75. The number of hydrogen-bond donors (Lipinski definition) is 1. The highest BCUT2D eigenvalue weighted by Gasteiger charge is 2.29. The van der Waals surface area contributed by atoms with Crippen molar-refractivity contribution < 1.29 is 31.1 Å². The molecule has 1 saturated heterocycles. The fourth-order valence-electron chi connectivity index (χ4n) is 3.64. The minimum atomic E-state index is -3.69. The minimum absolute atomic E-state index is 0.122. The Balaban J connectivity index is 1.53. The predicted octanol–water partition coefficient (Wildman–Crippen LogP) is 1.37. The fraction of sp³-hybridized carbons (Fsp3) is 0.435. The number of nitrogens with one attached hydrogen (secondary N) is 1. The predicted molar refractivity (Wildman–Crippen MR) is 132 cm³/mol. The van der Waals surface area contributed by atoms with Crippen LogP contribution in [0.25, 0.3) is 0 Å². The average molecular weight is 526 g/mol. The molecule has 2 aromatic rings. The lowest BCUT2D eigenvalue weighted by molar-refractivity contribution is -0.121. The van der Waals surface area contributed by atoms with Crippen LogP contribution in [0.2, 0.25) is 0 Å². The van der Waals surface area contributed by atoms with Crippen molar-refractivity contribution in [3.8, 4) is 5.75 Å². The van der Waals surface area contributed by atoms with E-state index in [0.29, 0.717) is 37.7 Å². The van der Waals surface area contributed by atoms with Gasteiger partial charge in [-0.2, -0.15) is 4.31 Å². The molecule has 0 aliphatic carbocycles. The molecule has 0 bridgehead atoms. The van der Waals surface area contributed by atoms with Gasteiger partial charge in [-0.25, -0.2) is 16.8 Å². The van der Waals surface area contributed by atoms with Crippen LogP contribution in [0.5, 0.6) is 5.75 Å². The van der Waals surface area contributed by atoms with Gasteiger partial charge in [-0.1, -0.05) is 17.7 Å². The Labute approximate surface area is 206 Å². The van der Waals surface area contributed by atoms with Crippen molar-refractivity contribution in [1.29, 1.82) is 0 Å². The zero-order valence-corrected chi connectivity index (χ0v) is 21.6. The number of benzene rings is 2. The van der Waals surface area contributed by atoms with Gasteiger partial charge in [-0.15, -0.1) is 0 Å². The lowest BCUT2D eigenvalue weighted by Gasteiger charge is -2.28. The maximum atomic E-state index is 12.7. The van der Waals surface area contributed by atoms with Gasteiger partial charge in [-0.05, 0) is 50.2 Å². The second-order valence-corrected chi connectivity index (χ2v) is 12.0. The molecule has 0 aromatic heterocycles. The lowest BCUT2D eigenvalue weighted by atomic mass is 10.2. The van der Waals surface area contributed by atoms with Crippen molar-refractivity contribution in [3.05, 3.63) is 54.1 Å². The van der Waals surface area contributed by atoms with Crippen LogP contribution in [0.3, 0.4) is 0 Å². The standard InChI is InChI=1S/C23H31N3O7S2/c1-18-4-6-20(7-5-18)26(34(3,28)29)19(2)23(27)24-12-15-33-21-8-10-22(11-9-21)35(30,31)25-13-16-32-17-14-25/h4-11,19H,12-17H2,1-3H3,(H,24,27). The largest absolute Gasteiger partial charge is 0.492 e. The highest BCUT2D eigenvalue weighted by molar-refractivity contribution is 7.92. The molecule has 1 fully saturated rings. The topological polar surface area (TPSA) is 122 Å². The molecule has 0 radical (unpaired) electrons. The first-order valence-electron chi connectivity index (χ1n) is 11.1. The van der Waals surface area contributed by atoms with Crippen molar-refractivity contribution in [1.82, 2.24) is 9.62 Å². The summed E-state index contributed by atoms with van der Waals surface area (Å²) in [6.07, 6.45) is 1.06. The zero-order chi connectivity index (χ0) is 25.6. The lowest BCUT2D eigenvalue weighted by Crippen LogP contribution is -2.48. The molecule has 12 heteroatoms. The Morgan fingerprint density at radius 2 is 1.66 bits per heavy atom.